The van der Waals surface area contributed by atoms with Gasteiger partial charge in [0.05, 0.1) is 23.9 Å². The van der Waals surface area contributed by atoms with Crippen molar-refractivity contribution < 1.29 is 121 Å². The van der Waals surface area contributed by atoms with Crippen LogP contribution in [0.15, 0.2) is 103 Å². The summed E-state index contributed by atoms with van der Waals surface area (Å²) in [6.45, 7) is 0. The van der Waals surface area contributed by atoms with Gasteiger partial charge in [0.1, 0.15) is 93.4 Å². The monoisotopic (exact) mass is 1150 g/mol. The number of rotatable bonds is 7. The fraction of sp³-hybridized carbons (Fsp3) is 0.200. The lowest BCUT2D eigenvalue weighted by Crippen LogP contribution is -2.40. The normalized spacial score (nSPS) is 24.0. The number of hydrogen-bond acceptors (Lipinski definition) is 24. The molecule has 8 aromatic carbocycles. The van der Waals surface area contributed by atoms with Crippen LogP contribution in [0.3, 0.4) is 0 Å². The number of phenols is 16. The minimum absolute atomic E-state index is 0.00111. The van der Waals surface area contributed by atoms with E-state index in [4.69, 9.17) is 18.9 Å². The van der Waals surface area contributed by atoms with Gasteiger partial charge in [0.25, 0.3) is 0 Å². The number of phenolic OH excluding ortho intramolecular Hbond substituents is 16. The van der Waals surface area contributed by atoms with E-state index in [-0.39, 0.29) is 39.1 Å². The van der Waals surface area contributed by atoms with Crippen molar-refractivity contribution in [2.24, 2.45) is 0 Å². The topological polar surface area (TPSA) is 442 Å². The fourth-order valence-corrected chi connectivity index (χ4v) is 12.2. The van der Waals surface area contributed by atoms with E-state index in [0.29, 0.717) is 0 Å². The summed E-state index contributed by atoms with van der Waals surface area (Å²) < 4.78 is 25.8. The third kappa shape index (κ3) is 8.44. The molecule has 84 heavy (non-hydrogen) atoms. The number of aliphatic hydroxyl groups is 4. The molecule has 0 unspecified atom stereocenters. The van der Waals surface area contributed by atoms with Crippen molar-refractivity contribution in [2.45, 2.75) is 73.0 Å². The van der Waals surface area contributed by atoms with Crippen LogP contribution in [0, 0.1) is 0 Å². The SMILES string of the molecule is Oc1cc(O)c2c(c1)O[C@H](c1ccc(O)c(O)c1)[C@@H](O)[C@@H]2c1c(O)cc(O)c2c1O[C@H](c1ccc(O)c(O)c1)[C@@H](O)[C@@H]2c1c(O)cc(O)c2c1O[C@H](c1ccc(O)c(O)c1)[C@@H](O)[C@@H]2c1c(O)cc(O)c2c1O[C@H](c1ccc(O)c(O)c1)[C@H](O)C2. The summed E-state index contributed by atoms with van der Waals surface area (Å²) in [5.74, 6) is -19.0. The highest BCUT2D eigenvalue weighted by Crippen LogP contribution is 2.65. The van der Waals surface area contributed by atoms with E-state index in [0.717, 1.165) is 78.9 Å². The van der Waals surface area contributed by atoms with E-state index < -0.39 is 210 Å². The first-order valence-electron chi connectivity index (χ1n) is 25.7. The van der Waals surface area contributed by atoms with E-state index >= 15 is 0 Å². The van der Waals surface area contributed by atoms with E-state index in [9.17, 15) is 102 Å². The molecular formula is C60H50O24. The van der Waals surface area contributed by atoms with Gasteiger partial charge >= 0.3 is 0 Å². The number of ether oxygens (including phenoxy) is 4. The highest BCUT2D eigenvalue weighted by molar-refractivity contribution is 5.73. The molecule has 0 fully saturated rings. The molecule has 0 bridgehead atoms. The van der Waals surface area contributed by atoms with E-state index in [1.165, 1.54) is 24.3 Å². The maximum absolute atomic E-state index is 13.1. The summed E-state index contributed by atoms with van der Waals surface area (Å²) in [6, 6.07) is 17.7. The summed E-state index contributed by atoms with van der Waals surface area (Å²) in [5.41, 5.74) is -3.20. The van der Waals surface area contributed by atoms with Crippen LogP contribution in [0.2, 0.25) is 0 Å². The Kier molecular flexibility index (Phi) is 12.7. The first kappa shape index (κ1) is 54.2. The molecule has 0 radical (unpaired) electrons. The Labute approximate surface area is 472 Å². The largest absolute Gasteiger partial charge is 0.508 e. The molecule has 4 heterocycles. The first-order valence-corrected chi connectivity index (χ1v) is 25.7. The van der Waals surface area contributed by atoms with Crippen molar-refractivity contribution in [3.05, 3.63) is 164 Å². The van der Waals surface area contributed by atoms with Crippen LogP contribution in [0.5, 0.6) is 115 Å². The Balaban J connectivity index is 1.14. The van der Waals surface area contributed by atoms with Gasteiger partial charge in [-0.05, 0) is 70.8 Å². The number of benzene rings is 8. The van der Waals surface area contributed by atoms with Crippen LogP contribution in [0.1, 0.15) is 103 Å². The smallest absolute Gasteiger partial charge is 0.157 e. The predicted octanol–water partition coefficient (Wildman–Crippen LogP) is 5.89. The molecule has 0 amide bonds. The summed E-state index contributed by atoms with van der Waals surface area (Å²) in [5, 5.41) is 229. The van der Waals surface area contributed by atoms with Gasteiger partial charge in [0, 0.05) is 75.7 Å². The molecule has 12 rings (SSSR count). The van der Waals surface area contributed by atoms with Crippen LogP contribution in [-0.4, -0.2) is 127 Å². The van der Waals surface area contributed by atoms with Crippen LogP contribution >= 0.6 is 0 Å². The third-order valence-corrected chi connectivity index (χ3v) is 16.0. The van der Waals surface area contributed by atoms with E-state index in [1.54, 1.807) is 0 Å². The van der Waals surface area contributed by atoms with Gasteiger partial charge in [-0.1, -0.05) is 24.3 Å². The predicted molar refractivity (Wildman–Crippen MR) is 285 cm³/mol. The van der Waals surface area contributed by atoms with Crippen molar-refractivity contribution in [1.29, 1.82) is 0 Å². The van der Waals surface area contributed by atoms with Crippen molar-refractivity contribution >= 4 is 0 Å². The fourth-order valence-electron chi connectivity index (χ4n) is 12.2. The van der Waals surface area contributed by atoms with Gasteiger partial charge in [0.15, 0.2) is 64.3 Å². The molecule has 4 aliphatic rings. The van der Waals surface area contributed by atoms with Crippen molar-refractivity contribution in [2.75, 3.05) is 0 Å². The van der Waals surface area contributed by atoms with Crippen LogP contribution in [0.4, 0.5) is 0 Å². The Morgan fingerprint density at radius 2 is 0.583 bits per heavy atom. The summed E-state index contributed by atoms with van der Waals surface area (Å²) >= 11 is 0. The molecule has 24 nitrogen and oxygen atoms in total. The van der Waals surface area contributed by atoms with Crippen molar-refractivity contribution in [3.63, 3.8) is 0 Å². The number of aliphatic hydroxyl groups excluding tert-OH is 4. The zero-order valence-electron chi connectivity index (χ0n) is 43.0. The summed E-state index contributed by atoms with van der Waals surface area (Å²) in [6.07, 6.45) is -14.8. The lowest BCUT2D eigenvalue weighted by atomic mass is 9.72. The Bertz CT molecular complexity index is 4030. The average molecular weight is 1160 g/mol. The molecule has 0 aliphatic carbocycles. The zero-order valence-corrected chi connectivity index (χ0v) is 43.0. The second-order valence-electron chi connectivity index (χ2n) is 21.0. The molecular weight excluding hydrogens is 1100 g/mol. The quantitative estimate of drug-likeness (QED) is 0.0827. The highest BCUT2D eigenvalue weighted by Gasteiger charge is 2.53. The molecule has 11 atom stereocenters. The molecule has 20 N–H and O–H groups in total. The average Bonchev–Trinajstić information content (AvgIpc) is 1.45. The van der Waals surface area contributed by atoms with Crippen LogP contribution in [0.25, 0.3) is 0 Å². The van der Waals surface area contributed by atoms with Gasteiger partial charge in [-0.25, -0.2) is 0 Å². The van der Waals surface area contributed by atoms with E-state index in [2.05, 4.69) is 0 Å². The molecule has 4 aliphatic heterocycles. The summed E-state index contributed by atoms with van der Waals surface area (Å²) in [4.78, 5) is 0. The maximum Gasteiger partial charge on any atom is 0.157 e. The highest BCUT2D eigenvalue weighted by atomic mass is 16.5. The Morgan fingerprint density at radius 1 is 0.274 bits per heavy atom. The second-order valence-corrected chi connectivity index (χ2v) is 21.0. The second kappa shape index (κ2) is 19.7. The first-order chi connectivity index (χ1) is 39.9. The van der Waals surface area contributed by atoms with Crippen molar-refractivity contribution in [3.8, 4) is 115 Å². The lowest BCUT2D eigenvalue weighted by molar-refractivity contribution is -0.00858. The molecule has 0 spiro atoms. The maximum atomic E-state index is 13.1. The van der Waals surface area contributed by atoms with E-state index in [1.807, 2.05) is 0 Å². The Morgan fingerprint density at radius 3 is 0.964 bits per heavy atom. The molecule has 0 saturated heterocycles. The van der Waals surface area contributed by atoms with Gasteiger partial charge in [-0.2, -0.15) is 0 Å². The third-order valence-electron chi connectivity index (χ3n) is 16.0. The Hall–Kier alpha value is -10.4. The molecule has 434 valence electrons. The van der Waals surface area contributed by atoms with Crippen molar-refractivity contribution in [1.82, 2.24) is 0 Å². The molecule has 0 saturated carbocycles. The minimum Gasteiger partial charge on any atom is -0.508 e. The summed E-state index contributed by atoms with van der Waals surface area (Å²) in [7, 11) is 0. The number of aromatic hydroxyl groups is 16. The van der Waals surface area contributed by atoms with Gasteiger partial charge in [-0.15, -0.1) is 0 Å². The molecule has 0 aromatic heterocycles. The molecule has 24 heteroatoms. The zero-order chi connectivity index (χ0) is 59.8. The number of fused-ring (bicyclic) bond motifs is 4. The van der Waals surface area contributed by atoms with Crippen LogP contribution in [-0.2, 0) is 6.42 Å². The molecule has 8 aromatic rings. The van der Waals surface area contributed by atoms with Crippen LogP contribution < -0.4 is 18.9 Å². The lowest BCUT2D eigenvalue weighted by Gasteiger charge is -2.44. The minimum atomic E-state index is -2.15. The standard InChI is InChI=1S/C60H50O24/c61-23-13-34(71)42-41(14-23)81-55(20-2-6-26(63)31(68)10-20)51(78)48(42)44-36(73)17-38(75)46-50(53(80)57(83-59(44)46)22-4-8-28(65)33(70)12-22)47-39(76)18-37(74)45-49(52(79)56(84-60(45)47)21-3-7-27(64)32(69)11-21)43-35(72)16-29(66)24-15-40(77)54(82-58(24)43)19-1-5-25(62)30(67)9-19/h1-14,16-18,40,48-57,61-80H,15H2/t40-,48+,49-,50+,51+,52+,53+,54-,55-,56-,57-/m1/s1. The van der Waals surface area contributed by atoms with Gasteiger partial charge < -0.3 is 121 Å². The van der Waals surface area contributed by atoms with Gasteiger partial charge in [-0.3, -0.25) is 0 Å². The van der Waals surface area contributed by atoms with Gasteiger partial charge in [0.2, 0.25) is 0 Å². The number of hydrogen-bond donors (Lipinski definition) is 20.